The lowest BCUT2D eigenvalue weighted by Crippen LogP contribution is -2.52. The number of aliphatic hydroxyl groups is 1. The van der Waals surface area contributed by atoms with Crippen molar-refractivity contribution in [3.63, 3.8) is 0 Å². The van der Waals surface area contributed by atoms with E-state index in [4.69, 9.17) is 4.74 Å². The smallest absolute Gasteiger partial charge is 0.342 e. The van der Waals surface area contributed by atoms with Gasteiger partial charge in [-0.05, 0) is 64.8 Å². The number of benzene rings is 3. The largest absolute Gasteiger partial charge is 0.480 e. The van der Waals surface area contributed by atoms with Gasteiger partial charge >= 0.3 is 18.0 Å². The summed E-state index contributed by atoms with van der Waals surface area (Å²) in [6, 6.07) is 16.9. The average Bonchev–Trinajstić information content (AvgIpc) is 3.35. The fourth-order valence-corrected chi connectivity index (χ4v) is 4.89. The van der Waals surface area contributed by atoms with Crippen molar-refractivity contribution in [2.24, 2.45) is 5.92 Å². The Labute approximate surface area is 222 Å². The maximum Gasteiger partial charge on any atom is 0.342 e. The maximum absolute atomic E-state index is 13.2. The highest BCUT2D eigenvalue weighted by Gasteiger charge is 2.28. The van der Waals surface area contributed by atoms with Crippen LogP contribution in [0.15, 0.2) is 60.7 Å². The number of urea groups is 1. The van der Waals surface area contributed by atoms with Crippen molar-refractivity contribution in [2.45, 2.75) is 51.7 Å². The van der Waals surface area contributed by atoms with Gasteiger partial charge in [0, 0.05) is 13.0 Å². The van der Waals surface area contributed by atoms with Gasteiger partial charge in [-0.3, -0.25) is 0 Å². The number of aryl methyl sites for hydroxylation is 2. The first-order valence-corrected chi connectivity index (χ1v) is 13.0. The predicted molar refractivity (Wildman–Crippen MR) is 144 cm³/mol. The van der Waals surface area contributed by atoms with Gasteiger partial charge in [0.05, 0.1) is 6.54 Å². The molecule has 0 aliphatic heterocycles. The molecule has 0 saturated heterocycles. The van der Waals surface area contributed by atoms with Gasteiger partial charge in [0.2, 0.25) is 0 Å². The van der Waals surface area contributed by atoms with Crippen molar-refractivity contribution in [3.8, 4) is 5.75 Å². The number of nitrogens with one attached hydrogen (secondary N) is 1. The molecule has 0 aromatic heterocycles. The van der Waals surface area contributed by atoms with E-state index in [-0.39, 0.29) is 25.4 Å². The third-order valence-electron chi connectivity index (χ3n) is 6.73. The summed E-state index contributed by atoms with van der Waals surface area (Å²) in [4.78, 5) is 39.1. The average molecular weight is 519 g/mol. The van der Waals surface area contributed by atoms with Crippen LogP contribution in [-0.2, 0) is 28.9 Å². The molecule has 0 fully saturated rings. The summed E-state index contributed by atoms with van der Waals surface area (Å²) < 4.78 is 5.38. The highest BCUT2D eigenvalue weighted by atomic mass is 16.5. The zero-order chi connectivity index (χ0) is 27.2. The van der Waals surface area contributed by atoms with E-state index in [9.17, 15) is 24.6 Å². The van der Waals surface area contributed by atoms with Crippen LogP contribution in [0.25, 0.3) is 10.8 Å². The number of nitrogens with zero attached hydrogens (tertiary/aromatic N) is 1. The van der Waals surface area contributed by atoms with E-state index in [0.717, 1.165) is 41.2 Å². The van der Waals surface area contributed by atoms with Gasteiger partial charge in [0.15, 0.2) is 6.10 Å². The van der Waals surface area contributed by atoms with E-state index in [1.54, 1.807) is 6.07 Å². The first-order valence-electron chi connectivity index (χ1n) is 13.0. The second kappa shape index (κ2) is 12.1. The lowest BCUT2D eigenvalue weighted by atomic mass is 9.99. The number of amides is 2. The highest BCUT2D eigenvalue weighted by Crippen LogP contribution is 2.26. The number of carboxylic acids is 1. The number of rotatable bonds is 10. The summed E-state index contributed by atoms with van der Waals surface area (Å²) in [5, 5.41) is 24.9. The molecule has 2 atom stereocenters. The summed E-state index contributed by atoms with van der Waals surface area (Å²) in [6.45, 7) is 3.67. The number of carbonyl (C=O) groups is 3. The lowest BCUT2D eigenvalue weighted by molar-refractivity contribution is -0.144. The minimum atomic E-state index is -1.59. The fourth-order valence-electron chi connectivity index (χ4n) is 4.89. The second-order valence-electron chi connectivity index (χ2n) is 10.2. The van der Waals surface area contributed by atoms with E-state index in [1.807, 2.05) is 68.4 Å². The molecule has 200 valence electrons. The monoisotopic (exact) mass is 518 g/mol. The van der Waals surface area contributed by atoms with E-state index in [0.29, 0.717) is 5.75 Å². The molecule has 2 amide bonds. The Hall–Kier alpha value is -3.91. The van der Waals surface area contributed by atoms with Crippen molar-refractivity contribution in [2.75, 3.05) is 13.1 Å². The van der Waals surface area contributed by atoms with Crippen LogP contribution < -0.4 is 10.1 Å². The number of carbonyl (C=O) groups excluding carboxylic acids is 2. The fraction of sp³-hybridized carbons (Fsp3) is 0.367. The third kappa shape index (κ3) is 6.69. The Balaban J connectivity index is 1.43. The predicted octanol–water partition coefficient (Wildman–Crippen LogP) is 3.96. The molecule has 3 N–H and O–H groups in total. The number of ether oxygens (including phenoxy) is 1. The molecule has 1 unspecified atom stereocenters. The van der Waals surface area contributed by atoms with Crippen LogP contribution >= 0.6 is 0 Å². The van der Waals surface area contributed by atoms with Crippen LogP contribution in [0.3, 0.4) is 0 Å². The molecule has 8 heteroatoms. The van der Waals surface area contributed by atoms with Gasteiger partial charge in [-0.15, -0.1) is 0 Å². The van der Waals surface area contributed by atoms with Gasteiger partial charge in [-0.25, -0.2) is 14.4 Å². The number of hydrogen-bond acceptors (Lipinski definition) is 5. The number of aliphatic hydroxyl groups excluding tert-OH is 1. The Morgan fingerprint density at radius 2 is 1.71 bits per heavy atom. The summed E-state index contributed by atoms with van der Waals surface area (Å²) in [5.74, 6) is -1.67. The number of aliphatic carboxylic acids is 1. The summed E-state index contributed by atoms with van der Waals surface area (Å²) >= 11 is 0. The molecule has 0 spiro atoms. The van der Waals surface area contributed by atoms with Gasteiger partial charge in [-0.2, -0.15) is 0 Å². The molecule has 1 aliphatic rings. The van der Waals surface area contributed by atoms with Gasteiger partial charge < -0.3 is 25.2 Å². The second-order valence-corrected chi connectivity index (χ2v) is 10.2. The van der Waals surface area contributed by atoms with Crippen LogP contribution in [0.4, 0.5) is 4.79 Å². The van der Waals surface area contributed by atoms with E-state index in [2.05, 4.69) is 5.32 Å². The van der Waals surface area contributed by atoms with Crippen LogP contribution in [0.2, 0.25) is 0 Å². The molecule has 3 aromatic rings. The minimum absolute atomic E-state index is 0.0158. The standard InChI is InChI=1S/C30H34N2O6/c1-19(2)17-32(18-27(33)29(36)38-24-14-13-20-8-5-10-22(20)15-24)30(37)31-26(28(34)35)16-23-11-6-9-21-7-3-4-12-25(21)23/h3-4,6-7,9,11-15,19,26-27,33H,5,8,10,16-18H2,1-2H3,(H,31,37)(H,34,35)/t26-,27?/m0/s1. The SMILES string of the molecule is CC(C)CN(CC(O)C(=O)Oc1ccc2c(c1)CCC2)C(=O)N[C@@H](Cc1cccc2ccccc12)C(=O)O. The summed E-state index contributed by atoms with van der Waals surface area (Å²) in [6.07, 6.45) is 1.49. The van der Waals surface area contributed by atoms with Crippen molar-refractivity contribution < 1.29 is 29.3 Å². The number of fused-ring (bicyclic) bond motifs is 2. The van der Waals surface area contributed by atoms with Crippen molar-refractivity contribution in [1.29, 1.82) is 0 Å². The van der Waals surface area contributed by atoms with Crippen LogP contribution in [-0.4, -0.2) is 58.3 Å². The number of carboxylic acid groups (broad SMARTS) is 1. The molecule has 1 aliphatic carbocycles. The van der Waals surface area contributed by atoms with E-state index < -0.39 is 30.1 Å². The molecular formula is C30H34N2O6. The van der Waals surface area contributed by atoms with Crippen LogP contribution in [0.5, 0.6) is 5.75 Å². The van der Waals surface area contributed by atoms with Crippen LogP contribution in [0, 0.1) is 5.92 Å². The summed E-state index contributed by atoms with van der Waals surface area (Å²) in [5.41, 5.74) is 3.17. The molecule has 0 saturated carbocycles. The van der Waals surface area contributed by atoms with Gasteiger partial charge in [0.25, 0.3) is 0 Å². The van der Waals surface area contributed by atoms with Gasteiger partial charge in [-0.1, -0.05) is 62.4 Å². The van der Waals surface area contributed by atoms with E-state index >= 15 is 0 Å². The Morgan fingerprint density at radius 3 is 2.47 bits per heavy atom. The topological polar surface area (TPSA) is 116 Å². The zero-order valence-corrected chi connectivity index (χ0v) is 21.7. The molecule has 4 rings (SSSR count). The van der Waals surface area contributed by atoms with E-state index in [1.165, 1.54) is 10.5 Å². The lowest BCUT2D eigenvalue weighted by Gasteiger charge is -2.28. The van der Waals surface area contributed by atoms with Gasteiger partial charge in [0.1, 0.15) is 11.8 Å². The number of esters is 1. The van der Waals surface area contributed by atoms with Crippen molar-refractivity contribution in [1.82, 2.24) is 10.2 Å². The Kier molecular flexibility index (Phi) is 8.63. The first kappa shape index (κ1) is 27.1. The highest BCUT2D eigenvalue weighted by molar-refractivity contribution is 5.88. The van der Waals surface area contributed by atoms with Crippen LogP contribution in [0.1, 0.15) is 37.0 Å². The first-order chi connectivity index (χ1) is 18.2. The van der Waals surface area contributed by atoms with Crippen molar-refractivity contribution >= 4 is 28.7 Å². The zero-order valence-electron chi connectivity index (χ0n) is 21.7. The molecule has 3 aromatic carbocycles. The van der Waals surface area contributed by atoms with Crippen molar-refractivity contribution in [3.05, 3.63) is 77.4 Å². The normalized spacial score (nSPS) is 14.1. The molecule has 0 heterocycles. The quantitative estimate of drug-likeness (QED) is 0.276. The Morgan fingerprint density at radius 1 is 0.974 bits per heavy atom. The molecular weight excluding hydrogens is 484 g/mol. The molecule has 38 heavy (non-hydrogen) atoms. The minimum Gasteiger partial charge on any atom is -0.480 e. The molecule has 0 bridgehead atoms. The summed E-state index contributed by atoms with van der Waals surface area (Å²) in [7, 11) is 0. The molecule has 8 nitrogen and oxygen atoms in total. The maximum atomic E-state index is 13.2. The Bertz CT molecular complexity index is 1320. The number of hydrogen-bond donors (Lipinski definition) is 3. The third-order valence-corrected chi connectivity index (χ3v) is 6.73. The molecule has 0 radical (unpaired) electrons.